The molecule has 3 rings (SSSR count). The second kappa shape index (κ2) is 9.90. The first-order chi connectivity index (χ1) is 14.8. The zero-order chi connectivity index (χ0) is 22.5. The molecular weight excluding hydrogens is 416 g/mol. The molecule has 0 unspecified atom stereocenters. The van der Waals surface area contributed by atoms with Gasteiger partial charge in [-0.1, -0.05) is 23.7 Å². The maximum absolute atomic E-state index is 12.0. The molecule has 0 radical (unpaired) electrons. The maximum Gasteiger partial charge on any atom is 0.337 e. The van der Waals surface area contributed by atoms with E-state index in [1.165, 1.54) is 0 Å². The Balaban J connectivity index is 1.85. The minimum absolute atomic E-state index is 0.338. The molecule has 0 aliphatic heterocycles. The summed E-state index contributed by atoms with van der Waals surface area (Å²) in [4.78, 5) is 12.0. The van der Waals surface area contributed by atoms with Crippen molar-refractivity contribution in [2.45, 2.75) is 33.5 Å². The van der Waals surface area contributed by atoms with Gasteiger partial charge in [0, 0.05) is 47.2 Å². The van der Waals surface area contributed by atoms with Gasteiger partial charge in [-0.05, 0) is 49.7 Å². The number of nitrogens with one attached hydrogen (secondary N) is 1. The van der Waals surface area contributed by atoms with Gasteiger partial charge in [0.25, 0.3) is 0 Å². The molecule has 0 spiro atoms. The number of rotatable bonds is 9. The fourth-order valence-electron chi connectivity index (χ4n) is 3.85. The van der Waals surface area contributed by atoms with Gasteiger partial charge in [-0.3, -0.25) is 0 Å². The molecule has 0 bridgehead atoms. The van der Waals surface area contributed by atoms with Gasteiger partial charge in [0.05, 0.1) is 19.8 Å². The average molecular weight is 443 g/mol. The Kier molecular flexibility index (Phi) is 7.25. The monoisotopic (exact) mass is 442 g/mol. The SMILES string of the molecule is COc1ccc(OC)c(CNCc2c(C(=O)O)c(C)n(Cc3cccc(Cl)c3)c2C)c1. The molecular formula is C24H27ClN2O4. The van der Waals surface area contributed by atoms with E-state index in [9.17, 15) is 9.90 Å². The first-order valence-electron chi connectivity index (χ1n) is 9.93. The molecule has 1 heterocycles. The molecule has 0 atom stereocenters. The summed E-state index contributed by atoms with van der Waals surface area (Å²) in [6.07, 6.45) is 0. The summed E-state index contributed by atoms with van der Waals surface area (Å²) in [5, 5.41) is 13.9. The van der Waals surface area contributed by atoms with Gasteiger partial charge in [-0.15, -0.1) is 0 Å². The molecule has 7 heteroatoms. The van der Waals surface area contributed by atoms with Crippen LogP contribution < -0.4 is 14.8 Å². The molecule has 31 heavy (non-hydrogen) atoms. The topological polar surface area (TPSA) is 72.7 Å². The van der Waals surface area contributed by atoms with Crippen molar-refractivity contribution in [2.24, 2.45) is 0 Å². The zero-order valence-electron chi connectivity index (χ0n) is 18.2. The molecule has 0 aliphatic carbocycles. The van der Waals surface area contributed by atoms with Crippen LogP contribution in [-0.4, -0.2) is 29.9 Å². The Labute approximate surface area is 187 Å². The van der Waals surface area contributed by atoms with Crippen LogP contribution in [0, 0.1) is 13.8 Å². The number of nitrogens with zero attached hydrogens (tertiary/aromatic N) is 1. The van der Waals surface area contributed by atoms with Gasteiger partial charge < -0.3 is 24.5 Å². The average Bonchev–Trinajstić information content (AvgIpc) is 2.98. The van der Waals surface area contributed by atoms with Crippen molar-refractivity contribution in [1.82, 2.24) is 9.88 Å². The molecule has 0 saturated carbocycles. The van der Waals surface area contributed by atoms with E-state index in [1.807, 2.05) is 60.9 Å². The second-order valence-corrected chi connectivity index (χ2v) is 7.76. The lowest BCUT2D eigenvalue weighted by molar-refractivity contribution is 0.0694. The normalized spacial score (nSPS) is 10.9. The highest BCUT2D eigenvalue weighted by atomic mass is 35.5. The number of hydrogen-bond donors (Lipinski definition) is 2. The lowest BCUT2D eigenvalue weighted by Gasteiger charge is -2.12. The molecule has 1 aromatic heterocycles. The van der Waals surface area contributed by atoms with Crippen molar-refractivity contribution in [3.8, 4) is 11.5 Å². The third kappa shape index (κ3) is 5.03. The number of benzene rings is 2. The summed E-state index contributed by atoms with van der Waals surface area (Å²) in [5.74, 6) is 0.558. The van der Waals surface area contributed by atoms with E-state index in [2.05, 4.69) is 5.32 Å². The van der Waals surface area contributed by atoms with Crippen LogP contribution in [-0.2, 0) is 19.6 Å². The predicted molar refractivity (Wildman–Crippen MR) is 122 cm³/mol. The van der Waals surface area contributed by atoms with Crippen molar-refractivity contribution >= 4 is 17.6 Å². The van der Waals surface area contributed by atoms with Crippen LogP contribution >= 0.6 is 11.6 Å². The Morgan fingerprint density at radius 1 is 1.06 bits per heavy atom. The molecule has 0 fully saturated rings. The quantitative estimate of drug-likeness (QED) is 0.497. The number of aromatic nitrogens is 1. The molecule has 164 valence electrons. The van der Waals surface area contributed by atoms with Crippen LogP contribution in [0.4, 0.5) is 0 Å². The van der Waals surface area contributed by atoms with Gasteiger partial charge in [0.1, 0.15) is 11.5 Å². The number of carbonyl (C=O) groups is 1. The summed E-state index contributed by atoms with van der Waals surface area (Å²) >= 11 is 6.12. The number of methoxy groups -OCH3 is 2. The van der Waals surface area contributed by atoms with Crippen LogP contribution in [0.2, 0.25) is 5.02 Å². The van der Waals surface area contributed by atoms with Crippen LogP contribution in [0.5, 0.6) is 11.5 Å². The number of halogens is 1. The Bertz CT molecular complexity index is 1090. The summed E-state index contributed by atoms with van der Waals surface area (Å²) in [7, 11) is 3.24. The van der Waals surface area contributed by atoms with Gasteiger partial charge in [0.15, 0.2) is 0 Å². The molecule has 2 N–H and O–H groups in total. The minimum atomic E-state index is -0.929. The molecule has 0 amide bonds. The van der Waals surface area contributed by atoms with Gasteiger partial charge in [-0.2, -0.15) is 0 Å². The number of aromatic carboxylic acids is 1. The fraction of sp³-hybridized carbons (Fsp3) is 0.292. The fourth-order valence-corrected chi connectivity index (χ4v) is 4.06. The minimum Gasteiger partial charge on any atom is -0.497 e. The number of carboxylic acid groups (broad SMARTS) is 1. The molecule has 0 saturated heterocycles. The van der Waals surface area contributed by atoms with E-state index < -0.39 is 5.97 Å². The molecule has 2 aromatic carbocycles. The first-order valence-corrected chi connectivity index (χ1v) is 10.3. The van der Waals surface area contributed by atoms with Gasteiger partial charge >= 0.3 is 5.97 Å². The van der Waals surface area contributed by atoms with E-state index in [0.29, 0.717) is 30.2 Å². The lowest BCUT2D eigenvalue weighted by Crippen LogP contribution is -2.16. The van der Waals surface area contributed by atoms with Gasteiger partial charge in [0.2, 0.25) is 0 Å². The van der Waals surface area contributed by atoms with E-state index in [-0.39, 0.29) is 0 Å². The number of carboxylic acids is 1. The first kappa shape index (κ1) is 22.7. The largest absolute Gasteiger partial charge is 0.497 e. The van der Waals surface area contributed by atoms with E-state index in [0.717, 1.165) is 39.6 Å². The highest BCUT2D eigenvalue weighted by Crippen LogP contribution is 2.26. The van der Waals surface area contributed by atoms with Crippen molar-refractivity contribution in [2.75, 3.05) is 14.2 Å². The summed E-state index contributed by atoms with van der Waals surface area (Å²) in [6.45, 7) is 5.28. The predicted octanol–water partition coefficient (Wildman–Crippen LogP) is 4.81. The third-order valence-corrected chi connectivity index (χ3v) is 5.69. The lowest BCUT2D eigenvalue weighted by atomic mass is 10.1. The Hall–Kier alpha value is -2.96. The Morgan fingerprint density at radius 2 is 1.84 bits per heavy atom. The summed E-state index contributed by atoms with van der Waals surface area (Å²) in [5.41, 5.74) is 4.71. The summed E-state index contributed by atoms with van der Waals surface area (Å²) < 4.78 is 12.8. The zero-order valence-corrected chi connectivity index (χ0v) is 18.9. The highest BCUT2D eigenvalue weighted by Gasteiger charge is 2.22. The van der Waals surface area contributed by atoms with Crippen molar-refractivity contribution in [3.63, 3.8) is 0 Å². The molecule has 6 nitrogen and oxygen atoms in total. The van der Waals surface area contributed by atoms with Crippen molar-refractivity contribution in [3.05, 3.63) is 81.1 Å². The molecule has 0 aliphatic rings. The third-order valence-electron chi connectivity index (χ3n) is 5.46. The number of ether oxygens (including phenoxy) is 2. The van der Waals surface area contributed by atoms with Crippen molar-refractivity contribution in [1.29, 1.82) is 0 Å². The summed E-state index contributed by atoms with van der Waals surface area (Å²) in [6, 6.07) is 13.2. The number of hydrogen-bond acceptors (Lipinski definition) is 4. The van der Waals surface area contributed by atoms with Crippen molar-refractivity contribution < 1.29 is 19.4 Å². The van der Waals surface area contributed by atoms with E-state index in [4.69, 9.17) is 21.1 Å². The molecule has 3 aromatic rings. The van der Waals surface area contributed by atoms with Crippen LogP contribution in [0.25, 0.3) is 0 Å². The van der Waals surface area contributed by atoms with E-state index >= 15 is 0 Å². The van der Waals surface area contributed by atoms with E-state index in [1.54, 1.807) is 14.2 Å². The van der Waals surface area contributed by atoms with Crippen LogP contribution in [0.15, 0.2) is 42.5 Å². The standard InChI is InChI=1S/C24H27ClN2O4/c1-15-21(13-26-12-18-11-20(30-3)8-9-22(18)31-4)23(24(28)29)16(2)27(15)14-17-6-5-7-19(25)10-17/h5-11,26H,12-14H2,1-4H3,(H,28,29). The van der Waals surface area contributed by atoms with Gasteiger partial charge in [-0.25, -0.2) is 4.79 Å². The van der Waals surface area contributed by atoms with Crippen LogP contribution in [0.1, 0.15) is 38.4 Å². The van der Waals surface area contributed by atoms with Crippen LogP contribution in [0.3, 0.4) is 0 Å². The highest BCUT2D eigenvalue weighted by molar-refractivity contribution is 6.30. The second-order valence-electron chi connectivity index (χ2n) is 7.33. The Morgan fingerprint density at radius 3 is 2.48 bits per heavy atom. The maximum atomic E-state index is 12.0. The smallest absolute Gasteiger partial charge is 0.337 e.